The molecule has 0 saturated heterocycles. The summed E-state index contributed by atoms with van der Waals surface area (Å²) < 4.78 is 46.6. The van der Waals surface area contributed by atoms with Crippen LogP contribution in [0.25, 0.3) is 11.3 Å². The lowest BCUT2D eigenvalue weighted by atomic mass is 9.98. The fourth-order valence-electron chi connectivity index (χ4n) is 3.38. The summed E-state index contributed by atoms with van der Waals surface area (Å²) in [5, 5.41) is 17.5. The molecule has 0 fully saturated rings. The van der Waals surface area contributed by atoms with Crippen molar-refractivity contribution < 1.29 is 23.0 Å². The van der Waals surface area contributed by atoms with E-state index in [9.17, 15) is 18.3 Å². The Hall–Kier alpha value is -3.16. The lowest BCUT2D eigenvalue weighted by Crippen LogP contribution is -2.09. The number of nitrogens with zero attached hydrogens (tertiary/aromatic N) is 1. The smallest absolute Gasteiger partial charge is 0.433 e. The minimum atomic E-state index is -4.65. The van der Waals surface area contributed by atoms with Gasteiger partial charge in [-0.05, 0) is 41.5 Å². The number of halogens is 5. The molecule has 0 atom stereocenters. The summed E-state index contributed by atoms with van der Waals surface area (Å²) in [6.07, 6.45) is -4.77. The third-order valence-electron chi connectivity index (χ3n) is 5.02. The normalized spacial score (nSPS) is 11.5. The summed E-state index contributed by atoms with van der Waals surface area (Å²) >= 11 is 12.0. The Morgan fingerprint density at radius 3 is 2.36 bits per heavy atom. The van der Waals surface area contributed by atoms with E-state index in [0.29, 0.717) is 21.4 Å². The average molecular weight is 493 g/mol. The van der Waals surface area contributed by atoms with Crippen molar-refractivity contribution in [1.29, 1.82) is 0 Å². The molecule has 0 bridgehead atoms. The van der Waals surface area contributed by atoms with E-state index in [0.717, 1.165) is 5.56 Å². The predicted molar refractivity (Wildman–Crippen MR) is 121 cm³/mol. The number of nitrogens with one attached hydrogen (secondary N) is 1. The highest BCUT2D eigenvalue weighted by molar-refractivity contribution is 6.31. The van der Waals surface area contributed by atoms with Crippen LogP contribution in [0.2, 0.25) is 10.0 Å². The molecular weight excluding hydrogens is 476 g/mol. The van der Waals surface area contributed by atoms with Crippen LogP contribution in [0.1, 0.15) is 22.4 Å². The second-order valence-electron chi connectivity index (χ2n) is 7.29. The molecule has 0 spiro atoms. The first-order valence-electron chi connectivity index (χ1n) is 9.81. The molecule has 0 radical (unpaired) electrons. The van der Waals surface area contributed by atoms with Crippen LogP contribution in [0.4, 0.5) is 13.2 Å². The van der Waals surface area contributed by atoms with Crippen molar-refractivity contribution in [2.45, 2.75) is 19.2 Å². The van der Waals surface area contributed by atoms with Gasteiger partial charge in [-0.15, -0.1) is 0 Å². The minimum Gasteiger partial charge on any atom is -0.507 e. The Kier molecular flexibility index (Phi) is 6.54. The van der Waals surface area contributed by atoms with E-state index in [2.05, 4.69) is 10.2 Å². The number of ether oxygens (including phenoxy) is 1. The van der Waals surface area contributed by atoms with Crippen LogP contribution in [-0.4, -0.2) is 15.3 Å². The molecule has 0 aliphatic heterocycles. The summed E-state index contributed by atoms with van der Waals surface area (Å²) in [5.74, 6) is 0.0923. The summed E-state index contributed by atoms with van der Waals surface area (Å²) in [4.78, 5) is 0. The third-order valence-corrected chi connectivity index (χ3v) is 5.64. The Balaban J connectivity index is 1.64. The fourth-order valence-corrected chi connectivity index (χ4v) is 3.70. The van der Waals surface area contributed by atoms with Crippen molar-refractivity contribution in [3.05, 3.63) is 99.2 Å². The number of phenols is 1. The van der Waals surface area contributed by atoms with Gasteiger partial charge in [0.05, 0.1) is 5.69 Å². The maximum absolute atomic E-state index is 13.6. The van der Waals surface area contributed by atoms with Crippen molar-refractivity contribution in [3.63, 3.8) is 0 Å². The first kappa shape index (κ1) is 23.0. The average Bonchev–Trinajstić information content (AvgIpc) is 3.19. The zero-order chi connectivity index (χ0) is 23.6. The molecule has 0 aliphatic carbocycles. The Bertz CT molecular complexity index is 1270. The number of aromatic nitrogens is 2. The number of alkyl halides is 3. The minimum absolute atomic E-state index is 0.0102. The van der Waals surface area contributed by atoms with Gasteiger partial charge in [0.1, 0.15) is 23.8 Å². The van der Waals surface area contributed by atoms with Gasteiger partial charge in [0.25, 0.3) is 0 Å². The highest BCUT2D eigenvalue weighted by Gasteiger charge is 2.37. The van der Waals surface area contributed by atoms with E-state index in [1.165, 1.54) is 12.1 Å². The van der Waals surface area contributed by atoms with Crippen LogP contribution < -0.4 is 4.74 Å². The number of aromatic amines is 1. The summed E-state index contributed by atoms with van der Waals surface area (Å²) in [7, 11) is 0. The molecule has 9 heteroatoms. The van der Waals surface area contributed by atoms with Crippen molar-refractivity contribution >= 4 is 23.2 Å². The monoisotopic (exact) mass is 492 g/mol. The van der Waals surface area contributed by atoms with E-state index in [-0.39, 0.29) is 35.6 Å². The topological polar surface area (TPSA) is 58.1 Å². The molecule has 1 aromatic heterocycles. The fraction of sp³-hybridized carbons (Fsp3) is 0.125. The molecule has 33 heavy (non-hydrogen) atoms. The van der Waals surface area contributed by atoms with E-state index in [1.807, 2.05) is 0 Å². The number of aromatic hydroxyl groups is 1. The predicted octanol–water partition coefficient (Wildman–Crippen LogP) is 7.28. The van der Waals surface area contributed by atoms with E-state index in [1.54, 1.807) is 54.6 Å². The highest BCUT2D eigenvalue weighted by atomic mass is 35.5. The number of H-pyrrole nitrogens is 1. The number of hydrogen-bond acceptors (Lipinski definition) is 3. The summed E-state index contributed by atoms with van der Waals surface area (Å²) in [6.45, 7) is 0.230. The molecule has 170 valence electrons. The van der Waals surface area contributed by atoms with Crippen molar-refractivity contribution in [3.8, 4) is 22.8 Å². The number of phenolic OH excluding ortho intramolecular Hbond substituents is 1. The maximum Gasteiger partial charge on any atom is 0.433 e. The van der Waals surface area contributed by atoms with Crippen molar-refractivity contribution in [1.82, 2.24) is 10.2 Å². The zero-order valence-electron chi connectivity index (χ0n) is 17.0. The van der Waals surface area contributed by atoms with Crippen LogP contribution in [0.3, 0.4) is 0 Å². The van der Waals surface area contributed by atoms with Gasteiger partial charge in [0, 0.05) is 33.7 Å². The lowest BCUT2D eigenvalue weighted by Gasteiger charge is -2.12. The van der Waals surface area contributed by atoms with Gasteiger partial charge in [0.2, 0.25) is 0 Å². The maximum atomic E-state index is 13.6. The molecule has 2 N–H and O–H groups in total. The van der Waals surface area contributed by atoms with E-state index >= 15 is 0 Å². The summed E-state index contributed by atoms with van der Waals surface area (Å²) in [6, 6.07) is 18.1. The Morgan fingerprint density at radius 1 is 0.970 bits per heavy atom. The molecule has 1 heterocycles. The number of rotatable bonds is 6. The molecule has 0 unspecified atom stereocenters. The van der Waals surface area contributed by atoms with E-state index in [4.69, 9.17) is 27.9 Å². The number of benzene rings is 3. The first-order chi connectivity index (χ1) is 15.7. The van der Waals surface area contributed by atoms with Gasteiger partial charge >= 0.3 is 6.18 Å². The SMILES string of the molecule is Oc1cc(OCc2ccc(Cl)cc2)ccc1-c1n[nH]c(C(F)(F)F)c1Cc1ccccc1Cl. The Morgan fingerprint density at radius 2 is 1.70 bits per heavy atom. The molecule has 0 amide bonds. The molecule has 4 rings (SSSR count). The standard InChI is InChI=1S/C24H17Cl2F3N2O2/c25-16-7-5-14(6-8-16)13-33-17-9-10-18(21(32)12-17)22-19(23(31-30-22)24(27,28)29)11-15-3-1-2-4-20(15)26/h1-10,12,32H,11,13H2,(H,30,31). The van der Waals surface area contributed by atoms with Gasteiger partial charge in [-0.3, -0.25) is 5.10 Å². The van der Waals surface area contributed by atoms with Crippen LogP contribution in [0, 0.1) is 0 Å². The van der Waals surface area contributed by atoms with Crippen LogP contribution in [0.15, 0.2) is 66.7 Å². The molecule has 3 aromatic carbocycles. The van der Waals surface area contributed by atoms with Gasteiger partial charge in [-0.25, -0.2) is 0 Å². The van der Waals surface area contributed by atoms with Crippen molar-refractivity contribution in [2.75, 3.05) is 0 Å². The van der Waals surface area contributed by atoms with Crippen LogP contribution >= 0.6 is 23.2 Å². The second kappa shape index (κ2) is 9.37. The third kappa shape index (κ3) is 5.26. The first-order valence-corrected chi connectivity index (χ1v) is 10.6. The largest absolute Gasteiger partial charge is 0.507 e. The molecule has 4 nitrogen and oxygen atoms in total. The molecule has 0 saturated carbocycles. The molecule has 0 aliphatic rings. The second-order valence-corrected chi connectivity index (χ2v) is 8.13. The van der Waals surface area contributed by atoms with Crippen LogP contribution in [-0.2, 0) is 19.2 Å². The molecule has 4 aromatic rings. The van der Waals surface area contributed by atoms with Gasteiger partial charge in [-0.1, -0.05) is 53.5 Å². The van der Waals surface area contributed by atoms with Gasteiger partial charge < -0.3 is 9.84 Å². The zero-order valence-corrected chi connectivity index (χ0v) is 18.5. The highest BCUT2D eigenvalue weighted by Crippen LogP contribution is 2.40. The quantitative estimate of drug-likeness (QED) is 0.297. The Labute approximate surface area is 197 Å². The lowest BCUT2D eigenvalue weighted by molar-refractivity contribution is -0.141. The molecular formula is C24H17Cl2F3N2O2. The van der Waals surface area contributed by atoms with E-state index < -0.39 is 11.9 Å². The summed E-state index contributed by atoms with van der Waals surface area (Å²) in [5.41, 5.74) is 0.411. The van der Waals surface area contributed by atoms with Crippen molar-refractivity contribution in [2.24, 2.45) is 0 Å². The van der Waals surface area contributed by atoms with Crippen LogP contribution in [0.5, 0.6) is 11.5 Å². The van der Waals surface area contributed by atoms with Gasteiger partial charge in [0.15, 0.2) is 0 Å². The number of hydrogen-bond donors (Lipinski definition) is 2. The van der Waals surface area contributed by atoms with Gasteiger partial charge in [-0.2, -0.15) is 18.3 Å².